The average Bonchev–Trinajstić information content (AvgIpc) is 0.794. The molecule has 0 radical (unpaired) electrons. The molecule has 0 aliphatic carbocycles. The van der Waals surface area contributed by atoms with E-state index in [1.807, 2.05) is 0 Å². The highest BCUT2D eigenvalue weighted by Gasteiger charge is 2.55. The first kappa shape index (κ1) is 114. The summed E-state index contributed by atoms with van der Waals surface area (Å²) in [5.74, 6) is -12.6. The molecule has 0 saturated carbocycles. The molecule has 47 heteroatoms. The minimum atomic E-state index is -1.32. The number of hydrogen-bond donors (Lipinski definition) is 11. The first-order valence-corrected chi connectivity index (χ1v) is 44.0. The summed E-state index contributed by atoms with van der Waals surface area (Å²) in [6, 6.07) is -4.68. The van der Waals surface area contributed by atoms with E-state index in [4.69, 9.17) is 76.2 Å². The van der Waals surface area contributed by atoms with Crippen molar-refractivity contribution in [1.29, 1.82) is 0 Å². The maximum absolute atomic E-state index is 14.5. The minimum absolute atomic E-state index is 0.0124. The molecular formula is C84H135N11O36. The number of esters is 9. The van der Waals surface area contributed by atoms with Gasteiger partial charge in [-0.2, -0.15) is 0 Å². The summed E-state index contributed by atoms with van der Waals surface area (Å²) in [6.07, 6.45) is -10.1. The highest BCUT2D eigenvalue weighted by atomic mass is 16.7. The van der Waals surface area contributed by atoms with Gasteiger partial charge in [-0.1, -0.05) is 19.3 Å². The Bertz CT molecular complexity index is 3590. The average molecular weight is 1880 g/mol. The minimum Gasteiger partial charge on any atom is -0.481 e. The van der Waals surface area contributed by atoms with Crippen molar-refractivity contribution in [2.45, 2.75) is 316 Å². The Morgan fingerprint density at radius 3 is 0.832 bits per heavy atom. The van der Waals surface area contributed by atoms with E-state index in [1.165, 1.54) is 25.7 Å². The fourth-order valence-electron chi connectivity index (χ4n) is 14.0. The van der Waals surface area contributed by atoms with Crippen LogP contribution in [0.2, 0.25) is 0 Å². The number of aliphatic carboxylic acids is 1. The van der Waals surface area contributed by atoms with Gasteiger partial charge in [-0.05, 0) is 83.5 Å². The van der Waals surface area contributed by atoms with Crippen molar-refractivity contribution in [3.63, 3.8) is 0 Å². The Morgan fingerprint density at radius 2 is 0.557 bits per heavy atom. The van der Waals surface area contributed by atoms with E-state index in [0.29, 0.717) is 64.2 Å². The molecule has 3 fully saturated rings. The predicted molar refractivity (Wildman–Crippen MR) is 451 cm³/mol. The van der Waals surface area contributed by atoms with Crippen LogP contribution in [0.25, 0.3) is 0 Å². The Morgan fingerprint density at radius 1 is 0.290 bits per heavy atom. The number of nitrogens with one attached hydrogen (secondary N) is 10. The number of nitrogens with zero attached hydrogens (tertiary/aromatic N) is 1. The number of carbonyl (C=O) groups is 20. The van der Waals surface area contributed by atoms with Crippen molar-refractivity contribution in [2.24, 2.45) is 0 Å². The van der Waals surface area contributed by atoms with Crippen molar-refractivity contribution < 1.29 is 172 Å². The number of ether oxygens (including phenoxy) is 15. The van der Waals surface area contributed by atoms with Crippen LogP contribution < -0.4 is 53.2 Å². The van der Waals surface area contributed by atoms with Gasteiger partial charge < -0.3 is 129 Å². The molecule has 3 rings (SSSR count). The standard InChI is InChI=1S/C84H135N11O36/c1-49(96)92-72-78(126-58(10)105)75(123-55(7)102)62(46-120-52(4)99)129-82(72)117-41-21-13-16-29-65(108)86-35-25-38-89-69(112)44-95(45-70(113)90-39-26-36-87-66(109)30-17-14-22-42-118-83-73(93-50(2)97)79(127-59(11)106)76(124-56(8)103)63(130-83)47-121-53(5)100)61(28-19-20-34-85-68(111)32-24-33-71(114)115)81(116)91-40-27-37-88-67(110)31-18-15-23-43-119-84-74(94-51(3)98)80(128-60(12)107)77(125-57(9)104)64(131-84)48-122-54(6)101/h61-64,72-80,82-84H,13-48H2,1-12H3,(H,85,111)(H,86,108)(H,87,109)(H,88,110)(H,89,112)(H,90,113)(H,91,116)(H,92,96)(H,93,97)(H,94,98)(H,114,115). The summed E-state index contributed by atoms with van der Waals surface area (Å²) in [7, 11) is 0. The predicted octanol–water partition coefficient (Wildman–Crippen LogP) is -1.23. The first-order chi connectivity index (χ1) is 62.1. The number of carboxylic acids is 1. The van der Waals surface area contributed by atoms with E-state index >= 15 is 0 Å². The lowest BCUT2D eigenvalue weighted by Gasteiger charge is -2.44. The van der Waals surface area contributed by atoms with Crippen LogP contribution in [0.1, 0.15) is 218 Å². The molecule has 16 unspecified atom stereocenters. The van der Waals surface area contributed by atoms with Gasteiger partial charge in [-0.15, -0.1) is 0 Å². The molecule has 3 aliphatic rings. The Labute approximate surface area is 760 Å². The molecule has 47 nitrogen and oxygen atoms in total. The number of carboxylic acid groups (broad SMARTS) is 1. The van der Waals surface area contributed by atoms with E-state index in [0.717, 1.165) is 62.3 Å². The van der Waals surface area contributed by atoms with E-state index in [9.17, 15) is 95.9 Å². The molecule has 16 atom stereocenters. The van der Waals surface area contributed by atoms with Crippen LogP contribution in [0.4, 0.5) is 0 Å². The highest BCUT2D eigenvalue weighted by molar-refractivity contribution is 5.86. The zero-order valence-corrected chi connectivity index (χ0v) is 76.9. The van der Waals surface area contributed by atoms with E-state index < -0.39 is 232 Å². The number of amides is 10. The molecule has 131 heavy (non-hydrogen) atoms. The van der Waals surface area contributed by atoms with Crippen molar-refractivity contribution in [3.05, 3.63) is 0 Å². The molecule has 11 N–H and O–H groups in total. The Hall–Kier alpha value is -10.9. The van der Waals surface area contributed by atoms with Crippen LogP contribution in [0.3, 0.4) is 0 Å². The van der Waals surface area contributed by atoms with Gasteiger partial charge in [0.2, 0.25) is 59.1 Å². The Kier molecular flexibility index (Phi) is 55.9. The smallest absolute Gasteiger partial charge is 0.303 e. The van der Waals surface area contributed by atoms with E-state index in [1.54, 1.807) is 0 Å². The normalized spacial score (nSPS) is 21.6. The van der Waals surface area contributed by atoms with Gasteiger partial charge in [-0.25, -0.2) is 0 Å². The largest absolute Gasteiger partial charge is 0.481 e. The second-order valence-electron chi connectivity index (χ2n) is 31.3. The van der Waals surface area contributed by atoms with Gasteiger partial charge in [0.1, 0.15) is 56.3 Å². The SMILES string of the molecule is CC(=O)NC1C(OCCCCCC(=O)NCCCNC(=O)CN(CC(=O)NCCCNC(=O)CCCCCOC2OC(COC(C)=O)C(OC(C)=O)C(OC(C)=O)C2NC(C)=O)C(CCCCNC(=O)CCCC(=O)O)C(=O)NCCCNC(=O)CCCCCOC2OC(COC(C)=O)C(OC(C)=O)C(OC(C)=O)C2NC(C)=O)OC(COC(C)=O)C(OC(C)=O)C1OC(C)=O. The zero-order chi connectivity index (χ0) is 97.5. The first-order valence-electron chi connectivity index (χ1n) is 44.0. The second-order valence-corrected chi connectivity index (χ2v) is 31.3. The van der Waals surface area contributed by atoms with Crippen LogP contribution in [-0.4, -0.2) is 325 Å². The number of carbonyl (C=O) groups excluding carboxylic acids is 19. The third-order valence-electron chi connectivity index (χ3n) is 19.6. The fraction of sp³-hybridized carbons (Fsp3) is 0.762. The summed E-state index contributed by atoms with van der Waals surface area (Å²) in [5.41, 5.74) is 0. The second kappa shape index (κ2) is 64.0. The maximum atomic E-state index is 14.5. The molecule has 10 amide bonds. The molecule has 0 aromatic heterocycles. The molecule has 3 saturated heterocycles. The topological polar surface area (TPSA) is 624 Å². The van der Waals surface area contributed by atoms with E-state index in [-0.39, 0.29) is 154 Å². The monoisotopic (exact) mass is 1870 g/mol. The fourth-order valence-corrected chi connectivity index (χ4v) is 14.0. The maximum Gasteiger partial charge on any atom is 0.303 e. The zero-order valence-electron chi connectivity index (χ0n) is 76.9. The molecule has 3 aliphatic heterocycles. The number of unbranched alkanes of at least 4 members (excludes halogenated alkanes) is 7. The van der Waals surface area contributed by atoms with Crippen molar-refractivity contribution in [3.8, 4) is 0 Å². The lowest BCUT2D eigenvalue weighted by atomic mass is 9.96. The third-order valence-corrected chi connectivity index (χ3v) is 19.6. The van der Waals surface area contributed by atoms with Gasteiger partial charge in [0.25, 0.3) is 0 Å². The van der Waals surface area contributed by atoms with Gasteiger partial charge >= 0.3 is 59.7 Å². The molecule has 0 aromatic carbocycles. The van der Waals surface area contributed by atoms with Crippen LogP contribution in [0.15, 0.2) is 0 Å². The van der Waals surface area contributed by atoms with Gasteiger partial charge in [0.05, 0.1) is 19.1 Å². The van der Waals surface area contributed by atoms with Crippen molar-refractivity contribution in [1.82, 2.24) is 58.1 Å². The molecule has 0 spiro atoms. The number of hydrogen-bond acceptors (Lipinski definition) is 36. The molecule has 3 heterocycles. The molecule has 0 aromatic rings. The lowest BCUT2D eigenvalue weighted by molar-refractivity contribution is -0.277. The highest BCUT2D eigenvalue weighted by Crippen LogP contribution is 2.32. The van der Waals surface area contributed by atoms with Crippen molar-refractivity contribution in [2.75, 3.05) is 98.5 Å². The molecule has 742 valence electrons. The van der Waals surface area contributed by atoms with Crippen LogP contribution in [0.5, 0.6) is 0 Å². The quantitative estimate of drug-likeness (QED) is 0.0193. The van der Waals surface area contributed by atoms with Gasteiger partial charge in [0, 0.05) is 181 Å². The van der Waals surface area contributed by atoms with E-state index in [2.05, 4.69) is 53.2 Å². The van der Waals surface area contributed by atoms with Gasteiger partial charge in [0.15, 0.2) is 55.5 Å². The lowest BCUT2D eigenvalue weighted by Crippen LogP contribution is -2.66. The summed E-state index contributed by atoms with van der Waals surface area (Å²) < 4.78 is 84.4. The Balaban J connectivity index is 1.71. The van der Waals surface area contributed by atoms with Crippen LogP contribution >= 0.6 is 0 Å². The molecule has 0 bridgehead atoms. The number of rotatable bonds is 63. The summed E-state index contributed by atoms with van der Waals surface area (Å²) in [4.78, 5) is 252. The summed E-state index contributed by atoms with van der Waals surface area (Å²) in [5, 5.41) is 36.5. The van der Waals surface area contributed by atoms with Crippen molar-refractivity contribution >= 4 is 119 Å². The molecular weight excluding hydrogens is 1740 g/mol. The van der Waals surface area contributed by atoms with Crippen LogP contribution in [-0.2, 0) is 167 Å². The third kappa shape index (κ3) is 49.8. The summed E-state index contributed by atoms with van der Waals surface area (Å²) >= 11 is 0. The van der Waals surface area contributed by atoms with Gasteiger partial charge in [-0.3, -0.25) is 101 Å². The summed E-state index contributed by atoms with van der Waals surface area (Å²) in [6.45, 7) is 12.1. The van der Waals surface area contributed by atoms with Crippen LogP contribution in [0, 0.1) is 0 Å².